The van der Waals surface area contributed by atoms with Gasteiger partial charge in [0.1, 0.15) is 0 Å². The molecule has 1 aromatic carbocycles. The van der Waals surface area contributed by atoms with Crippen LogP contribution in [0, 0.1) is 11.6 Å². The molecule has 5 nitrogen and oxygen atoms in total. The summed E-state index contributed by atoms with van der Waals surface area (Å²) >= 11 is 0. The van der Waals surface area contributed by atoms with Crippen LogP contribution in [0.4, 0.5) is 14.5 Å². The lowest BCUT2D eigenvalue weighted by atomic mass is 10.2. The first-order valence-corrected chi connectivity index (χ1v) is 5.84. The van der Waals surface area contributed by atoms with Crippen LogP contribution >= 0.6 is 0 Å². The Morgan fingerprint density at radius 1 is 1.15 bits per heavy atom. The third-order valence-electron chi connectivity index (χ3n) is 2.92. The van der Waals surface area contributed by atoms with Crippen LogP contribution in [0.2, 0.25) is 0 Å². The van der Waals surface area contributed by atoms with Crippen molar-refractivity contribution in [2.45, 2.75) is 6.54 Å². The summed E-state index contributed by atoms with van der Waals surface area (Å²) in [5, 5.41) is 2.81. The lowest BCUT2D eigenvalue weighted by Gasteiger charge is -2.09. The summed E-state index contributed by atoms with van der Waals surface area (Å²) < 4.78 is 28.1. The predicted octanol–water partition coefficient (Wildman–Crippen LogP) is 0.974. The lowest BCUT2D eigenvalue weighted by Crippen LogP contribution is -2.38. The fraction of sp³-hybridized carbons (Fsp3) is 0.231. The van der Waals surface area contributed by atoms with Gasteiger partial charge in [-0.15, -0.1) is 0 Å². The summed E-state index contributed by atoms with van der Waals surface area (Å²) in [5.74, 6) is -1.91. The summed E-state index contributed by atoms with van der Waals surface area (Å²) in [5.41, 5.74) is -0.158. The van der Waals surface area contributed by atoms with Gasteiger partial charge in [-0.3, -0.25) is 9.36 Å². The number of aryl methyl sites for hydroxylation is 1. The molecule has 2 aromatic rings. The van der Waals surface area contributed by atoms with E-state index in [1.165, 1.54) is 30.9 Å². The van der Waals surface area contributed by atoms with E-state index in [4.69, 9.17) is 0 Å². The number of anilines is 1. The van der Waals surface area contributed by atoms with Gasteiger partial charge in [-0.1, -0.05) is 0 Å². The second-order valence-corrected chi connectivity index (χ2v) is 4.39. The molecule has 20 heavy (non-hydrogen) atoms. The number of rotatable bonds is 3. The third kappa shape index (κ3) is 2.61. The molecule has 0 saturated carbocycles. The molecule has 1 aromatic heterocycles. The Morgan fingerprint density at radius 2 is 1.85 bits per heavy atom. The maximum atomic E-state index is 13.0. The van der Waals surface area contributed by atoms with Crippen LogP contribution in [0.1, 0.15) is 5.56 Å². The van der Waals surface area contributed by atoms with Gasteiger partial charge in [0.05, 0.1) is 5.56 Å². The first kappa shape index (κ1) is 14.0. The van der Waals surface area contributed by atoms with E-state index in [1.807, 2.05) is 0 Å². The van der Waals surface area contributed by atoms with Crippen LogP contribution in [0.3, 0.4) is 0 Å². The van der Waals surface area contributed by atoms with Crippen molar-refractivity contribution in [3.8, 4) is 0 Å². The smallest absolute Gasteiger partial charge is 0.330 e. The van der Waals surface area contributed by atoms with Gasteiger partial charge in [-0.2, -0.15) is 0 Å². The molecule has 0 aliphatic rings. The normalized spacial score (nSPS) is 10.6. The highest BCUT2D eigenvalue weighted by Crippen LogP contribution is 2.13. The maximum Gasteiger partial charge on any atom is 0.330 e. The van der Waals surface area contributed by atoms with E-state index in [0.717, 1.165) is 16.7 Å². The van der Waals surface area contributed by atoms with Crippen LogP contribution in [0.15, 0.2) is 34.0 Å². The molecular weight excluding hydrogens is 268 g/mol. The molecule has 0 bridgehead atoms. The van der Waals surface area contributed by atoms with Crippen LogP contribution in [-0.2, 0) is 20.6 Å². The number of hydrogen-bond acceptors (Lipinski definition) is 3. The number of hydrogen-bond donors (Lipinski definition) is 1. The van der Waals surface area contributed by atoms with Gasteiger partial charge < -0.3 is 9.88 Å². The Hall–Kier alpha value is -2.44. The van der Waals surface area contributed by atoms with Crippen molar-refractivity contribution in [1.82, 2.24) is 9.13 Å². The zero-order chi connectivity index (χ0) is 14.9. The molecule has 0 radical (unpaired) electrons. The zero-order valence-electron chi connectivity index (χ0n) is 11.0. The van der Waals surface area contributed by atoms with Crippen molar-refractivity contribution in [2.24, 2.45) is 14.1 Å². The van der Waals surface area contributed by atoms with Gasteiger partial charge in [-0.25, -0.2) is 13.6 Å². The number of halogens is 2. The van der Waals surface area contributed by atoms with Crippen LogP contribution in [0.25, 0.3) is 0 Å². The number of benzene rings is 1. The average Bonchev–Trinajstić information content (AvgIpc) is 2.42. The van der Waals surface area contributed by atoms with E-state index in [9.17, 15) is 18.4 Å². The molecule has 0 amide bonds. The van der Waals surface area contributed by atoms with E-state index in [0.29, 0.717) is 11.3 Å². The molecule has 106 valence electrons. The molecule has 0 aliphatic heterocycles. The van der Waals surface area contributed by atoms with E-state index < -0.39 is 22.9 Å². The quantitative estimate of drug-likeness (QED) is 0.912. The summed E-state index contributed by atoms with van der Waals surface area (Å²) in [4.78, 5) is 23.4. The first-order chi connectivity index (χ1) is 9.40. The molecule has 0 fully saturated rings. The zero-order valence-corrected chi connectivity index (χ0v) is 11.0. The summed E-state index contributed by atoms with van der Waals surface area (Å²) in [6.45, 7) is 0.103. The Labute approximate surface area is 113 Å². The third-order valence-corrected chi connectivity index (χ3v) is 2.92. The van der Waals surface area contributed by atoms with Crippen LogP contribution in [-0.4, -0.2) is 9.13 Å². The van der Waals surface area contributed by atoms with Gasteiger partial charge in [-0.05, 0) is 12.1 Å². The molecule has 0 unspecified atom stereocenters. The fourth-order valence-electron chi connectivity index (χ4n) is 1.81. The lowest BCUT2D eigenvalue weighted by molar-refractivity contribution is 0.509. The molecule has 7 heteroatoms. The summed E-state index contributed by atoms with van der Waals surface area (Å²) in [6, 6.07) is 3.36. The Balaban J connectivity index is 2.25. The molecule has 2 rings (SSSR count). The molecule has 0 spiro atoms. The molecule has 0 atom stereocenters. The van der Waals surface area contributed by atoms with Crippen molar-refractivity contribution in [2.75, 3.05) is 5.32 Å². The standard InChI is InChI=1S/C13H13F2N3O2/c1-17-7-8(12(19)18(2)13(17)20)6-16-9-3-4-10(14)11(15)5-9/h3-5,7,16H,6H2,1-2H3. The van der Waals surface area contributed by atoms with Crippen molar-refractivity contribution in [3.05, 3.63) is 62.4 Å². The van der Waals surface area contributed by atoms with Crippen molar-refractivity contribution < 1.29 is 8.78 Å². The second kappa shape index (κ2) is 5.28. The van der Waals surface area contributed by atoms with Crippen molar-refractivity contribution >= 4 is 5.69 Å². The van der Waals surface area contributed by atoms with E-state index >= 15 is 0 Å². The highest BCUT2D eigenvalue weighted by Gasteiger charge is 2.07. The first-order valence-electron chi connectivity index (χ1n) is 5.84. The predicted molar refractivity (Wildman–Crippen MR) is 70.6 cm³/mol. The van der Waals surface area contributed by atoms with E-state index in [2.05, 4.69) is 5.32 Å². The molecule has 0 aliphatic carbocycles. The summed E-state index contributed by atoms with van der Waals surface area (Å²) in [7, 11) is 2.91. The van der Waals surface area contributed by atoms with Crippen molar-refractivity contribution in [3.63, 3.8) is 0 Å². The minimum absolute atomic E-state index is 0.103. The van der Waals surface area contributed by atoms with E-state index in [-0.39, 0.29) is 6.54 Å². The Kier molecular flexibility index (Phi) is 3.69. The SMILES string of the molecule is Cn1cc(CNc2ccc(F)c(F)c2)c(=O)n(C)c1=O. The van der Waals surface area contributed by atoms with Gasteiger partial charge in [0.25, 0.3) is 5.56 Å². The van der Waals surface area contributed by atoms with Crippen LogP contribution in [0.5, 0.6) is 0 Å². The summed E-state index contributed by atoms with van der Waals surface area (Å²) in [6.07, 6.45) is 1.41. The van der Waals surface area contributed by atoms with Gasteiger partial charge in [0.15, 0.2) is 11.6 Å². The fourth-order valence-corrected chi connectivity index (χ4v) is 1.81. The van der Waals surface area contributed by atoms with Gasteiger partial charge in [0, 0.05) is 38.6 Å². The highest BCUT2D eigenvalue weighted by molar-refractivity contribution is 5.43. The second-order valence-electron chi connectivity index (χ2n) is 4.39. The largest absolute Gasteiger partial charge is 0.381 e. The van der Waals surface area contributed by atoms with E-state index in [1.54, 1.807) is 0 Å². The molecule has 1 N–H and O–H groups in total. The van der Waals surface area contributed by atoms with Gasteiger partial charge >= 0.3 is 5.69 Å². The molecule has 0 saturated heterocycles. The minimum Gasteiger partial charge on any atom is -0.381 e. The number of nitrogens with one attached hydrogen (secondary N) is 1. The number of nitrogens with zero attached hydrogens (tertiary/aromatic N) is 2. The molecular formula is C13H13F2N3O2. The minimum atomic E-state index is -0.969. The topological polar surface area (TPSA) is 56.0 Å². The highest BCUT2D eigenvalue weighted by atomic mass is 19.2. The van der Waals surface area contributed by atoms with Crippen LogP contribution < -0.4 is 16.6 Å². The Morgan fingerprint density at radius 3 is 2.50 bits per heavy atom. The Bertz CT molecular complexity index is 765. The number of aromatic nitrogens is 2. The average molecular weight is 281 g/mol. The van der Waals surface area contributed by atoms with Gasteiger partial charge in [0.2, 0.25) is 0 Å². The van der Waals surface area contributed by atoms with Crippen molar-refractivity contribution in [1.29, 1.82) is 0 Å². The molecule has 1 heterocycles. The monoisotopic (exact) mass is 281 g/mol. The maximum absolute atomic E-state index is 13.0.